The molecule has 1 aliphatic carbocycles. The minimum atomic E-state index is -0.277. The lowest BCUT2D eigenvalue weighted by Crippen LogP contribution is -2.50. The summed E-state index contributed by atoms with van der Waals surface area (Å²) < 4.78 is 5.07. The SMILES string of the molecule is CCOC(=O)N1CCCC(C(=O)N(CC)C2CCCCC2)C1. The maximum absolute atomic E-state index is 12.9. The fraction of sp³-hybridized carbons (Fsp3) is 0.882. The highest BCUT2D eigenvalue weighted by Crippen LogP contribution is 2.26. The molecule has 1 heterocycles. The van der Waals surface area contributed by atoms with Gasteiger partial charge in [0.1, 0.15) is 0 Å². The molecule has 5 heteroatoms. The summed E-state index contributed by atoms with van der Waals surface area (Å²) in [5.41, 5.74) is 0. The lowest BCUT2D eigenvalue weighted by atomic mass is 9.91. The van der Waals surface area contributed by atoms with Crippen LogP contribution in [0.4, 0.5) is 4.79 Å². The van der Waals surface area contributed by atoms with Crippen molar-refractivity contribution in [3.63, 3.8) is 0 Å². The Bertz CT molecular complexity index is 380. The molecule has 22 heavy (non-hydrogen) atoms. The second kappa shape index (κ2) is 8.39. The summed E-state index contributed by atoms with van der Waals surface area (Å²) >= 11 is 0. The van der Waals surface area contributed by atoms with E-state index in [1.165, 1.54) is 19.3 Å². The highest BCUT2D eigenvalue weighted by atomic mass is 16.6. The zero-order valence-electron chi connectivity index (χ0n) is 14.1. The van der Waals surface area contributed by atoms with Crippen LogP contribution in [0.25, 0.3) is 0 Å². The van der Waals surface area contributed by atoms with Gasteiger partial charge in [-0.1, -0.05) is 19.3 Å². The molecule has 0 N–H and O–H groups in total. The van der Waals surface area contributed by atoms with E-state index in [-0.39, 0.29) is 17.9 Å². The van der Waals surface area contributed by atoms with Crippen LogP contribution in [-0.2, 0) is 9.53 Å². The Morgan fingerprint density at radius 3 is 2.45 bits per heavy atom. The summed E-state index contributed by atoms with van der Waals surface area (Å²) in [6.45, 7) is 6.26. The number of hydrogen-bond acceptors (Lipinski definition) is 3. The Kier molecular flexibility index (Phi) is 6.52. The molecule has 0 spiro atoms. The first-order valence-corrected chi connectivity index (χ1v) is 8.89. The molecule has 1 saturated heterocycles. The second-order valence-corrected chi connectivity index (χ2v) is 6.40. The van der Waals surface area contributed by atoms with E-state index in [2.05, 4.69) is 11.8 Å². The van der Waals surface area contributed by atoms with Crippen molar-refractivity contribution < 1.29 is 14.3 Å². The Balaban J connectivity index is 1.95. The van der Waals surface area contributed by atoms with Crippen LogP contribution in [0.15, 0.2) is 0 Å². The summed E-state index contributed by atoms with van der Waals surface area (Å²) in [5.74, 6) is 0.184. The molecular formula is C17H30N2O3. The number of piperidine rings is 1. The molecule has 2 fully saturated rings. The van der Waals surface area contributed by atoms with Gasteiger partial charge in [0.25, 0.3) is 0 Å². The van der Waals surface area contributed by atoms with E-state index in [4.69, 9.17) is 4.74 Å². The number of amides is 2. The van der Waals surface area contributed by atoms with Gasteiger partial charge in [0.15, 0.2) is 0 Å². The van der Waals surface area contributed by atoms with Gasteiger partial charge in [-0.25, -0.2) is 4.79 Å². The standard InChI is InChI=1S/C17H30N2O3/c1-3-19(15-10-6-5-7-11-15)16(20)14-9-8-12-18(13-14)17(21)22-4-2/h14-15H,3-13H2,1-2H3. The molecule has 1 saturated carbocycles. The van der Waals surface area contributed by atoms with Crippen LogP contribution in [0.2, 0.25) is 0 Å². The highest BCUT2D eigenvalue weighted by molar-refractivity contribution is 5.80. The first-order chi connectivity index (χ1) is 10.7. The number of likely N-dealkylation sites (tertiary alicyclic amines) is 1. The summed E-state index contributed by atoms with van der Waals surface area (Å²) in [6, 6.07) is 0.407. The number of carbonyl (C=O) groups is 2. The van der Waals surface area contributed by atoms with Crippen molar-refractivity contribution in [2.75, 3.05) is 26.2 Å². The molecule has 1 aliphatic heterocycles. The Hall–Kier alpha value is -1.26. The van der Waals surface area contributed by atoms with Gasteiger partial charge in [-0.3, -0.25) is 4.79 Å². The van der Waals surface area contributed by atoms with E-state index in [1.54, 1.807) is 4.90 Å². The third kappa shape index (κ3) is 4.14. The van der Waals surface area contributed by atoms with Crippen LogP contribution in [0.5, 0.6) is 0 Å². The fourth-order valence-corrected chi connectivity index (χ4v) is 3.78. The normalized spacial score (nSPS) is 23.2. The van der Waals surface area contributed by atoms with Crippen LogP contribution in [-0.4, -0.2) is 54.1 Å². The topological polar surface area (TPSA) is 49.9 Å². The van der Waals surface area contributed by atoms with Crippen molar-refractivity contribution in [2.24, 2.45) is 5.92 Å². The average Bonchev–Trinajstić information content (AvgIpc) is 2.57. The predicted octanol–water partition coefficient (Wildman–Crippen LogP) is 3.04. The van der Waals surface area contributed by atoms with Crippen molar-refractivity contribution in [3.05, 3.63) is 0 Å². The molecule has 2 amide bonds. The monoisotopic (exact) mass is 310 g/mol. The smallest absolute Gasteiger partial charge is 0.409 e. The van der Waals surface area contributed by atoms with E-state index < -0.39 is 0 Å². The number of carbonyl (C=O) groups excluding carboxylic acids is 2. The van der Waals surface area contributed by atoms with Crippen molar-refractivity contribution in [1.29, 1.82) is 0 Å². The zero-order valence-corrected chi connectivity index (χ0v) is 14.1. The van der Waals surface area contributed by atoms with E-state index in [0.29, 0.717) is 25.7 Å². The van der Waals surface area contributed by atoms with E-state index >= 15 is 0 Å². The molecule has 126 valence electrons. The van der Waals surface area contributed by atoms with Crippen LogP contribution >= 0.6 is 0 Å². The molecular weight excluding hydrogens is 280 g/mol. The largest absolute Gasteiger partial charge is 0.450 e. The van der Waals surface area contributed by atoms with Crippen LogP contribution in [0.3, 0.4) is 0 Å². The molecule has 1 unspecified atom stereocenters. The van der Waals surface area contributed by atoms with Gasteiger partial charge in [0.2, 0.25) is 5.91 Å². The lowest BCUT2D eigenvalue weighted by Gasteiger charge is -2.38. The maximum Gasteiger partial charge on any atom is 0.409 e. The van der Waals surface area contributed by atoms with Gasteiger partial charge in [-0.15, -0.1) is 0 Å². The minimum Gasteiger partial charge on any atom is -0.450 e. The lowest BCUT2D eigenvalue weighted by molar-refractivity contribution is -0.139. The van der Waals surface area contributed by atoms with Crippen molar-refractivity contribution in [2.45, 2.75) is 64.8 Å². The van der Waals surface area contributed by atoms with Crippen LogP contribution in [0.1, 0.15) is 58.8 Å². The minimum absolute atomic E-state index is 0.0555. The van der Waals surface area contributed by atoms with Gasteiger partial charge in [-0.2, -0.15) is 0 Å². The summed E-state index contributed by atoms with van der Waals surface area (Å²) in [5, 5.41) is 0. The molecule has 1 atom stereocenters. The summed E-state index contributed by atoms with van der Waals surface area (Å²) in [7, 11) is 0. The molecule has 0 aromatic rings. The first-order valence-electron chi connectivity index (χ1n) is 8.89. The predicted molar refractivity (Wildman–Crippen MR) is 85.6 cm³/mol. The van der Waals surface area contributed by atoms with Crippen LogP contribution in [0, 0.1) is 5.92 Å². The van der Waals surface area contributed by atoms with E-state index in [1.807, 2.05) is 6.92 Å². The quantitative estimate of drug-likeness (QED) is 0.802. The third-order valence-corrected chi connectivity index (χ3v) is 4.94. The Labute approximate surface area is 134 Å². The van der Waals surface area contributed by atoms with E-state index in [9.17, 15) is 9.59 Å². The Morgan fingerprint density at radius 2 is 1.82 bits per heavy atom. The van der Waals surface area contributed by atoms with Gasteiger partial charge in [0.05, 0.1) is 12.5 Å². The number of nitrogens with zero attached hydrogens (tertiary/aromatic N) is 2. The molecule has 5 nitrogen and oxygen atoms in total. The third-order valence-electron chi connectivity index (χ3n) is 4.94. The van der Waals surface area contributed by atoms with Gasteiger partial charge >= 0.3 is 6.09 Å². The maximum atomic E-state index is 12.9. The van der Waals surface area contributed by atoms with Crippen LogP contribution < -0.4 is 0 Å². The first kappa shape index (κ1) is 17.1. The van der Waals surface area contributed by atoms with E-state index in [0.717, 1.165) is 32.2 Å². The molecule has 0 bridgehead atoms. The molecule has 0 radical (unpaired) electrons. The second-order valence-electron chi connectivity index (χ2n) is 6.40. The van der Waals surface area contributed by atoms with Gasteiger partial charge in [-0.05, 0) is 39.5 Å². The highest BCUT2D eigenvalue weighted by Gasteiger charge is 2.34. The molecule has 0 aromatic heterocycles. The van der Waals surface area contributed by atoms with Crippen molar-refractivity contribution >= 4 is 12.0 Å². The molecule has 2 rings (SSSR count). The zero-order chi connectivity index (χ0) is 15.9. The van der Waals surface area contributed by atoms with Gasteiger partial charge < -0.3 is 14.5 Å². The fourth-order valence-electron chi connectivity index (χ4n) is 3.78. The number of rotatable bonds is 4. The van der Waals surface area contributed by atoms with Gasteiger partial charge in [0, 0.05) is 25.7 Å². The number of hydrogen-bond donors (Lipinski definition) is 0. The summed E-state index contributed by atoms with van der Waals surface area (Å²) in [4.78, 5) is 28.6. The Morgan fingerprint density at radius 1 is 1.09 bits per heavy atom. The number of ether oxygens (including phenoxy) is 1. The molecule has 2 aliphatic rings. The average molecular weight is 310 g/mol. The van der Waals surface area contributed by atoms with Crippen molar-refractivity contribution in [1.82, 2.24) is 9.80 Å². The molecule has 0 aromatic carbocycles. The summed E-state index contributed by atoms with van der Waals surface area (Å²) in [6.07, 6.45) is 7.52. The van der Waals surface area contributed by atoms with Crippen molar-refractivity contribution in [3.8, 4) is 0 Å².